The summed E-state index contributed by atoms with van der Waals surface area (Å²) in [5, 5.41) is 25.5. The van der Waals surface area contributed by atoms with Crippen molar-refractivity contribution in [2.45, 2.75) is 460 Å². The Kier molecular flexibility index (Phi) is 52.1. The molecule has 0 atom stereocenters. The topological polar surface area (TPSA) is 100 Å². The van der Waals surface area contributed by atoms with Crippen LogP contribution in [0.3, 0.4) is 0 Å². The number of nitrogens with zero attached hydrogens (tertiary/aromatic N) is 2. The number of benzene rings is 1. The van der Waals surface area contributed by atoms with Crippen LogP contribution in [0.4, 0.5) is 0 Å². The Morgan fingerprint density at radius 3 is 0.758 bits per heavy atom. The van der Waals surface area contributed by atoms with Crippen LogP contribution in [-0.2, 0) is 64.0 Å². The summed E-state index contributed by atoms with van der Waals surface area (Å²) in [4.78, 5) is 47.5. The van der Waals surface area contributed by atoms with E-state index >= 15 is 0 Å². The molecule has 0 N–H and O–H groups in total. The van der Waals surface area contributed by atoms with Crippen LogP contribution < -0.4 is 0 Å². The van der Waals surface area contributed by atoms with Crippen molar-refractivity contribution in [3.63, 3.8) is 0 Å². The van der Waals surface area contributed by atoms with Gasteiger partial charge in [0.2, 0.25) is 0 Å². The molecule has 6 nitrogen and oxygen atoms in total. The molecule has 0 fully saturated rings. The molecule has 9 heterocycles. The van der Waals surface area contributed by atoms with Gasteiger partial charge >= 0.3 is 11.9 Å². The van der Waals surface area contributed by atoms with E-state index in [0.717, 1.165) is 106 Å². The third-order valence-electron chi connectivity index (χ3n) is 26.8. The first-order chi connectivity index (χ1) is 64.9. The summed E-state index contributed by atoms with van der Waals surface area (Å²) in [6.45, 7) is 21.4. The molecule has 0 aliphatic carbocycles. The van der Waals surface area contributed by atoms with Crippen molar-refractivity contribution in [2.75, 3.05) is 13.2 Å². The number of ether oxygens (including phenoxy) is 2. The van der Waals surface area contributed by atoms with Crippen molar-refractivity contribution in [3.8, 4) is 70.7 Å². The Morgan fingerprint density at radius 2 is 0.470 bits per heavy atom. The van der Waals surface area contributed by atoms with Gasteiger partial charge in [-0.3, -0.25) is 0 Å². The van der Waals surface area contributed by atoms with Crippen LogP contribution in [0.15, 0.2) is 65.7 Å². The molecule has 0 amide bonds. The second kappa shape index (κ2) is 63.3. The first-order valence-corrected chi connectivity index (χ1v) is 61.1. The van der Waals surface area contributed by atoms with Gasteiger partial charge in [0.15, 0.2) is 0 Å². The zero-order valence-electron chi connectivity index (χ0n) is 83.3. The summed E-state index contributed by atoms with van der Waals surface area (Å²) in [7, 11) is 0. The highest BCUT2D eigenvalue weighted by atomic mass is 32.1. The lowest BCUT2D eigenvalue weighted by Crippen LogP contribution is -2.07. The predicted octanol–water partition coefficient (Wildman–Crippen LogP) is 42.0. The van der Waals surface area contributed by atoms with E-state index < -0.39 is 11.9 Å². The van der Waals surface area contributed by atoms with E-state index in [-0.39, 0.29) is 11.1 Å². The number of hydrogen-bond acceptors (Lipinski definition) is 15. The lowest BCUT2D eigenvalue weighted by molar-refractivity contribution is -0.139. The first-order valence-electron chi connectivity index (χ1n) is 53.7. The fraction of sp³-hybridized carbons (Fsp3) is 0.624. The largest absolute Gasteiger partial charge is 0.462 e. The molecule has 0 saturated carbocycles. The number of hydrogen-bond donors (Lipinski definition) is 0. The lowest BCUT2D eigenvalue weighted by atomic mass is 10.0. The molecule has 0 spiro atoms. The first kappa shape index (κ1) is 109. The van der Waals surface area contributed by atoms with E-state index in [9.17, 15) is 20.1 Å². The van der Waals surface area contributed by atoms with Crippen molar-refractivity contribution in [2.24, 2.45) is 0 Å². The van der Waals surface area contributed by atoms with Crippen LogP contribution >= 0.6 is 102 Å². The number of carbonyl (C=O) groups is 2. The van der Waals surface area contributed by atoms with Crippen LogP contribution in [-0.4, -0.2) is 25.2 Å². The molecule has 10 rings (SSSR count). The van der Waals surface area contributed by atoms with Gasteiger partial charge in [0.05, 0.1) is 22.6 Å². The van der Waals surface area contributed by atoms with E-state index in [2.05, 4.69) is 186 Å². The Labute approximate surface area is 836 Å². The molecule has 0 aliphatic heterocycles. The highest BCUT2D eigenvalue weighted by Crippen LogP contribution is 2.56. The van der Waals surface area contributed by atoms with E-state index in [1.54, 1.807) is 22.7 Å². The maximum atomic E-state index is 13.7. The van der Waals surface area contributed by atoms with Gasteiger partial charge in [0.1, 0.15) is 23.3 Å². The smallest absolute Gasteiger partial charge is 0.348 e. The summed E-state index contributed by atoms with van der Waals surface area (Å²) in [6, 6.07) is 27.6. The van der Waals surface area contributed by atoms with Crippen LogP contribution in [0.2, 0.25) is 0 Å². The highest BCUT2D eigenvalue weighted by Gasteiger charge is 2.28. The SMILES string of the molecule is CCCCCCCCCc1cc2c3cc(-c4sc(-c5sc(-c6sc(/C=C(\C#N)C(=O)OCCCCCCCC)cc6CCCCCCCC)cc5CCCCCCCC)cc4CCCCCCCC)sc3c3sc(-c4sc(-c5sc(-c6sc(/C=C(\C#N)C(=O)OCCCCCCCC)cc6CCCCCCCC)cc5CCCCCCCC)cc4CCCCCCCC)cc3c2s1. The van der Waals surface area contributed by atoms with Gasteiger partial charge in [0.25, 0.3) is 0 Å². The summed E-state index contributed by atoms with van der Waals surface area (Å²) >= 11 is 18.0. The summed E-state index contributed by atoms with van der Waals surface area (Å²) in [5.74, 6) is -1.01. The highest BCUT2D eigenvalue weighted by molar-refractivity contribution is 7.35. The average Bonchev–Trinajstić information content (AvgIpc) is 1.56. The summed E-state index contributed by atoms with van der Waals surface area (Å²) in [6.07, 6.45) is 78.3. The summed E-state index contributed by atoms with van der Waals surface area (Å²) < 4.78 is 16.0. The van der Waals surface area contributed by atoms with E-state index in [0.29, 0.717) is 13.2 Å². The van der Waals surface area contributed by atoms with Crippen molar-refractivity contribution in [1.29, 1.82) is 10.5 Å². The molecule has 9 aromatic heterocycles. The minimum Gasteiger partial charge on any atom is -0.462 e. The Morgan fingerprint density at radius 1 is 0.242 bits per heavy atom. The van der Waals surface area contributed by atoms with Crippen LogP contribution in [0.25, 0.3) is 101 Å². The fourth-order valence-corrected chi connectivity index (χ4v) is 30.6. The molecular formula is C117H166N2O4S9. The molecule has 1 aromatic carbocycles. The second-order valence-corrected chi connectivity index (χ2v) is 47.8. The Bertz CT molecular complexity index is 4820. The van der Waals surface area contributed by atoms with Gasteiger partial charge in [-0.15, -0.1) is 102 Å². The van der Waals surface area contributed by atoms with Crippen molar-refractivity contribution >= 4 is 156 Å². The number of unbranched alkanes of at least 4 members (excludes halogenated alkanes) is 46. The molecule has 15 heteroatoms. The van der Waals surface area contributed by atoms with Crippen molar-refractivity contribution in [3.05, 3.63) is 114 Å². The number of rotatable bonds is 74. The average molecular weight is 1950 g/mol. The molecule has 10 aromatic rings. The number of nitriles is 2. The molecule has 0 unspecified atom stereocenters. The maximum absolute atomic E-state index is 13.7. The van der Waals surface area contributed by atoms with E-state index in [1.165, 1.54) is 429 Å². The molecular weight excluding hydrogens is 1790 g/mol. The Balaban J connectivity index is 1.11. The van der Waals surface area contributed by atoms with Gasteiger partial charge in [-0.2, -0.15) is 10.5 Å². The number of esters is 2. The van der Waals surface area contributed by atoms with E-state index in [1.807, 2.05) is 34.8 Å². The van der Waals surface area contributed by atoms with Gasteiger partial charge in [-0.05, 0) is 203 Å². The third kappa shape index (κ3) is 34.9. The predicted molar refractivity (Wildman–Crippen MR) is 592 cm³/mol. The quantitative estimate of drug-likeness (QED) is 0.0163. The van der Waals surface area contributed by atoms with Gasteiger partial charge in [0, 0.05) is 94.0 Å². The number of carbonyl (C=O) groups excluding carboxylic acids is 2. The Hall–Kier alpha value is -5.30. The molecule has 0 saturated heterocycles. The summed E-state index contributed by atoms with van der Waals surface area (Å²) in [5.41, 5.74) is 8.82. The van der Waals surface area contributed by atoms with Gasteiger partial charge < -0.3 is 9.47 Å². The molecule has 132 heavy (non-hydrogen) atoms. The number of fused-ring (bicyclic) bond motifs is 6. The third-order valence-corrected chi connectivity index (χ3v) is 38.5. The van der Waals surface area contributed by atoms with Gasteiger partial charge in [-0.25, -0.2) is 9.59 Å². The monoisotopic (exact) mass is 1950 g/mol. The molecule has 0 aliphatic rings. The van der Waals surface area contributed by atoms with Gasteiger partial charge in [-0.1, -0.05) is 358 Å². The standard InChI is InChI=1S/C117H166N2O4S9/c1-10-19-28-37-46-53-62-71-95-82-98-99-83-105(111-91(69-60-51-42-33-24-15-6)80-103(129-111)109-89(67-58-49-40-31-22-13-4)78-101(127-109)107-87(65-56-47-38-29-20-11-2)74-96(125-107)76-93(85-118)116(120)122-72-63-54-44-35-26-17-8)131-114(99)115-100(113(98)124-95)84-106(132-115)112-92(70-61-52-43-34-25-16-7)81-104(130-112)110-90(68-59-50-41-32-23-14-5)79-102(128-110)108-88(66-57-48-39-30-21-12-3)75-97(126-108)77-94(86-119)117(121)123-73-64-55-45-36-27-18-9/h74-84H,10-73H2,1-9H3/b93-76+,94-77+. The minimum absolute atomic E-state index is 0.0901. The second-order valence-electron chi connectivity index (χ2n) is 38.2. The zero-order chi connectivity index (χ0) is 93.1. The minimum atomic E-state index is -0.506. The molecule has 0 bridgehead atoms. The normalized spacial score (nSPS) is 12.1. The number of aryl methyl sites for hydroxylation is 7. The number of thiophene rings is 9. The van der Waals surface area contributed by atoms with Crippen LogP contribution in [0, 0.1) is 22.7 Å². The fourth-order valence-electron chi connectivity index (χ4n) is 18.9. The van der Waals surface area contributed by atoms with Crippen LogP contribution in [0.5, 0.6) is 0 Å². The maximum Gasteiger partial charge on any atom is 0.348 e. The molecule has 722 valence electrons. The van der Waals surface area contributed by atoms with Crippen LogP contribution in [0.1, 0.15) is 463 Å². The van der Waals surface area contributed by atoms with Crippen molar-refractivity contribution in [1.82, 2.24) is 0 Å². The lowest BCUT2D eigenvalue weighted by Gasteiger charge is -2.03. The van der Waals surface area contributed by atoms with Crippen molar-refractivity contribution < 1.29 is 19.1 Å². The zero-order valence-corrected chi connectivity index (χ0v) is 90.7. The van der Waals surface area contributed by atoms with E-state index in [4.69, 9.17) is 9.47 Å². The molecule has 0 radical (unpaired) electrons.